The number of nitrogens with one attached hydrogen (secondary N) is 2. The lowest BCUT2D eigenvalue weighted by atomic mass is 10.4. The average Bonchev–Trinajstić information content (AvgIpc) is 2.67. The molecule has 0 amide bonds. The van der Waals surface area contributed by atoms with Gasteiger partial charge in [-0.3, -0.25) is 9.48 Å². The van der Waals surface area contributed by atoms with E-state index in [1.165, 1.54) is 6.33 Å². The number of anilines is 2. The highest BCUT2D eigenvalue weighted by Gasteiger charge is 2.04. The van der Waals surface area contributed by atoms with E-state index in [0.717, 1.165) is 5.69 Å². The maximum Gasteiger partial charge on any atom is 0.276 e. The first kappa shape index (κ1) is 10.2. The molecular weight excluding hydrogens is 208 g/mol. The fraction of sp³-hybridized carbons (Fsp3) is 0.222. The van der Waals surface area contributed by atoms with Gasteiger partial charge in [-0.15, -0.1) is 0 Å². The molecule has 0 spiro atoms. The van der Waals surface area contributed by atoms with E-state index < -0.39 is 0 Å². The van der Waals surface area contributed by atoms with Crippen LogP contribution in [-0.4, -0.2) is 19.7 Å². The van der Waals surface area contributed by atoms with Gasteiger partial charge < -0.3 is 16.0 Å². The Labute approximate surface area is 91.3 Å². The van der Waals surface area contributed by atoms with Crippen LogP contribution >= 0.6 is 0 Å². The number of H-pyrrole nitrogens is 1. The number of nitrogens with zero attached hydrogens (tertiary/aromatic N) is 3. The second kappa shape index (κ2) is 4.05. The van der Waals surface area contributed by atoms with Crippen LogP contribution in [0.2, 0.25) is 0 Å². The summed E-state index contributed by atoms with van der Waals surface area (Å²) in [6, 6.07) is 1.87. The third kappa shape index (κ3) is 2.02. The summed E-state index contributed by atoms with van der Waals surface area (Å²) in [6.07, 6.45) is 3.14. The maximum atomic E-state index is 11.2. The van der Waals surface area contributed by atoms with Crippen molar-refractivity contribution in [3.63, 3.8) is 0 Å². The lowest BCUT2D eigenvalue weighted by Crippen LogP contribution is -2.16. The second-order valence-electron chi connectivity index (χ2n) is 3.33. The van der Waals surface area contributed by atoms with Crippen molar-refractivity contribution in [2.45, 2.75) is 6.54 Å². The Morgan fingerprint density at radius 2 is 2.44 bits per heavy atom. The number of hydrogen-bond acceptors (Lipinski definition) is 5. The van der Waals surface area contributed by atoms with E-state index >= 15 is 0 Å². The fourth-order valence-electron chi connectivity index (χ4n) is 1.28. The first-order valence-corrected chi connectivity index (χ1v) is 4.72. The van der Waals surface area contributed by atoms with E-state index in [4.69, 9.17) is 5.73 Å². The minimum Gasteiger partial charge on any atom is -0.391 e. The third-order valence-corrected chi connectivity index (χ3v) is 2.09. The molecular formula is C9H12N6O. The van der Waals surface area contributed by atoms with Crippen molar-refractivity contribution in [1.82, 2.24) is 19.7 Å². The monoisotopic (exact) mass is 220 g/mol. The summed E-state index contributed by atoms with van der Waals surface area (Å²) in [5.74, 6) is 0.370. The minimum atomic E-state index is -0.349. The van der Waals surface area contributed by atoms with Crippen molar-refractivity contribution in [3.05, 3.63) is 34.6 Å². The summed E-state index contributed by atoms with van der Waals surface area (Å²) < 4.78 is 1.70. The fourth-order valence-corrected chi connectivity index (χ4v) is 1.28. The SMILES string of the molecule is Cn1ccc(CNc2nc[nH]c(=O)c2N)n1. The van der Waals surface area contributed by atoms with E-state index in [9.17, 15) is 4.79 Å². The maximum absolute atomic E-state index is 11.2. The van der Waals surface area contributed by atoms with E-state index in [0.29, 0.717) is 12.4 Å². The molecule has 0 bridgehead atoms. The molecule has 7 heteroatoms. The Balaban J connectivity index is 2.10. The lowest BCUT2D eigenvalue weighted by molar-refractivity contribution is 0.747. The standard InChI is InChI=1S/C9H12N6O/c1-15-3-2-6(14-15)4-11-8-7(10)9(16)13-5-12-8/h2-3,5H,4,10H2,1H3,(H2,11,12,13,16). The Morgan fingerprint density at radius 1 is 1.62 bits per heavy atom. The molecule has 2 rings (SSSR count). The Hall–Kier alpha value is -2.31. The summed E-state index contributed by atoms with van der Waals surface area (Å²) >= 11 is 0. The van der Waals surface area contributed by atoms with Crippen molar-refractivity contribution in [1.29, 1.82) is 0 Å². The molecule has 0 fully saturated rings. The van der Waals surface area contributed by atoms with Crippen LogP contribution in [0, 0.1) is 0 Å². The highest BCUT2D eigenvalue weighted by Crippen LogP contribution is 2.08. The molecule has 0 atom stereocenters. The first-order chi connectivity index (χ1) is 7.66. The molecule has 2 heterocycles. The molecule has 4 N–H and O–H groups in total. The third-order valence-electron chi connectivity index (χ3n) is 2.09. The van der Waals surface area contributed by atoms with Gasteiger partial charge in [0, 0.05) is 13.2 Å². The number of nitrogens with two attached hydrogens (primary N) is 1. The van der Waals surface area contributed by atoms with Crippen molar-refractivity contribution >= 4 is 11.5 Å². The van der Waals surface area contributed by atoms with Crippen LogP contribution in [0.3, 0.4) is 0 Å². The number of aromatic nitrogens is 4. The van der Waals surface area contributed by atoms with Crippen molar-refractivity contribution in [2.75, 3.05) is 11.1 Å². The van der Waals surface area contributed by atoms with E-state index in [1.807, 2.05) is 19.3 Å². The lowest BCUT2D eigenvalue weighted by Gasteiger charge is -2.04. The van der Waals surface area contributed by atoms with Crippen LogP contribution in [0.25, 0.3) is 0 Å². The van der Waals surface area contributed by atoms with Gasteiger partial charge in [0.05, 0.1) is 18.6 Å². The van der Waals surface area contributed by atoms with Gasteiger partial charge in [-0.25, -0.2) is 4.98 Å². The molecule has 2 aromatic rings. The average molecular weight is 220 g/mol. The van der Waals surface area contributed by atoms with Crippen molar-refractivity contribution in [2.24, 2.45) is 7.05 Å². The van der Waals surface area contributed by atoms with Crippen LogP contribution in [0.15, 0.2) is 23.4 Å². The normalized spacial score (nSPS) is 10.3. The first-order valence-electron chi connectivity index (χ1n) is 4.72. The van der Waals surface area contributed by atoms with Crippen LogP contribution in [0.5, 0.6) is 0 Å². The van der Waals surface area contributed by atoms with Gasteiger partial charge >= 0.3 is 0 Å². The highest BCUT2D eigenvalue weighted by atomic mass is 16.1. The molecule has 84 valence electrons. The Morgan fingerprint density at radius 3 is 3.12 bits per heavy atom. The molecule has 0 radical (unpaired) electrons. The van der Waals surface area contributed by atoms with E-state index in [2.05, 4.69) is 20.4 Å². The molecule has 0 saturated heterocycles. The number of aryl methyl sites for hydroxylation is 1. The van der Waals surface area contributed by atoms with Crippen LogP contribution < -0.4 is 16.6 Å². The van der Waals surface area contributed by atoms with Gasteiger partial charge in [0.15, 0.2) is 5.82 Å². The second-order valence-corrected chi connectivity index (χ2v) is 3.33. The molecule has 0 aliphatic carbocycles. The number of aromatic amines is 1. The summed E-state index contributed by atoms with van der Waals surface area (Å²) in [4.78, 5) is 17.5. The summed E-state index contributed by atoms with van der Waals surface area (Å²) in [5, 5.41) is 7.13. The van der Waals surface area contributed by atoms with Gasteiger partial charge in [0.25, 0.3) is 5.56 Å². The number of nitrogen functional groups attached to an aromatic ring is 1. The molecule has 0 aromatic carbocycles. The van der Waals surface area contributed by atoms with Crippen LogP contribution in [-0.2, 0) is 13.6 Å². The van der Waals surface area contributed by atoms with Crippen LogP contribution in [0.1, 0.15) is 5.69 Å². The van der Waals surface area contributed by atoms with Gasteiger partial charge in [-0.05, 0) is 6.07 Å². The zero-order valence-electron chi connectivity index (χ0n) is 8.77. The zero-order chi connectivity index (χ0) is 11.5. The number of hydrogen-bond donors (Lipinski definition) is 3. The molecule has 0 saturated carbocycles. The molecule has 7 nitrogen and oxygen atoms in total. The zero-order valence-corrected chi connectivity index (χ0v) is 8.77. The van der Waals surface area contributed by atoms with Gasteiger partial charge in [0.1, 0.15) is 5.69 Å². The molecule has 16 heavy (non-hydrogen) atoms. The predicted molar refractivity (Wildman–Crippen MR) is 59.8 cm³/mol. The smallest absolute Gasteiger partial charge is 0.276 e. The topological polar surface area (TPSA) is 102 Å². The van der Waals surface area contributed by atoms with Crippen molar-refractivity contribution < 1.29 is 0 Å². The largest absolute Gasteiger partial charge is 0.391 e. The summed E-state index contributed by atoms with van der Waals surface area (Å²) in [6.45, 7) is 0.474. The molecule has 2 aromatic heterocycles. The molecule has 0 unspecified atom stereocenters. The highest BCUT2D eigenvalue weighted by molar-refractivity contribution is 5.58. The Bertz CT molecular complexity index is 543. The van der Waals surface area contributed by atoms with Gasteiger partial charge in [-0.1, -0.05) is 0 Å². The summed E-state index contributed by atoms with van der Waals surface area (Å²) in [5.41, 5.74) is 6.14. The Kier molecular flexibility index (Phi) is 2.59. The van der Waals surface area contributed by atoms with E-state index in [1.54, 1.807) is 4.68 Å². The quantitative estimate of drug-likeness (QED) is 0.659. The predicted octanol–water partition coefficient (Wildman–Crippen LogP) is -0.302. The van der Waals surface area contributed by atoms with Crippen LogP contribution in [0.4, 0.5) is 11.5 Å². The molecule has 0 aliphatic heterocycles. The van der Waals surface area contributed by atoms with Crippen molar-refractivity contribution in [3.8, 4) is 0 Å². The number of rotatable bonds is 3. The van der Waals surface area contributed by atoms with E-state index in [-0.39, 0.29) is 11.2 Å². The van der Waals surface area contributed by atoms with Gasteiger partial charge in [0.2, 0.25) is 0 Å². The molecule has 0 aliphatic rings. The summed E-state index contributed by atoms with van der Waals surface area (Å²) in [7, 11) is 1.84. The minimum absolute atomic E-state index is 0.0819. The van der Waals surface area contributed by atoms with Gasteiger partial charge in [-0.2, -0.15) is 5.10 Å².